The van der Waals surface area contributed by atoms with Gasteiger partial charge in [0.2, 0.25) is 11.5 Å². The number of nitrogen functional groups attached to an aromatic ring is 1. The fourth-order valence-corrected chi connectivity index (χ4v) is 3.34. The average Bonchev–Trinajstić information content (AvgIpc) is 2.77. The van der Waals surface area contributed by atoms with Crippen LogP contribution in [0.5, 0.6) is 0 Å². The molecule has 2 fully saturated rings. The Kier molecular flexibility index (Phi) is 3.14. The molecule has 2 saturated heterocycles. The Bertz CT molecular complexity index is 460. The van der Waals surface area contributed by atoms with E-state index in [1.54, 1.807) is 0 Å². The molecule has 1 aromatic rings. The van der Waals surface area contributed by atoms with Crippen LogP contribution in [-0.2, 0) is 0 Å². The first-order valence-electron chi connectivity index (χ1n) is 6.76. The van der Waals surface area contributed by atoms with E-state index < -0.39 is 0 Å². The van der Waals surface area contributed by atoms with Crippen molar-refractivity contribution in [3.63, 3.8) is 0 Å². The summed E-state index contributed by atoms with van der Waals surface area (Å²) in [6.45, 7) is 0. The molecule has 0 saturated carbocycles. The summed E-state index contributed by atoms with van der Waals surface area (Å²) in [4.78, 5) is 14.5. The molecule has 1 aromatic heterocycles. The highest BCUT2D eigenvalue weighted by Gasteiger charge is 2.36. The first kappa shape index (κ1) is 12.4. The number of nitrogens with two attached hydrogens (primary N) is 1. The number of hydrogen-bond acceptors (Lipinski definition) is 6. The van der Waals surface area contributed by atoms with Crippen molar-refractivity contribution in [2.24, 2.45) is 0 Å². The molecule has 3 heterocycles. The first-order valence-corrected chi connectivity index (χ1v) is 6.76. The third kappa shape index (κ3) is 2.30. The SMILES string of the molecule is CN1C2CCCC1CC(NC(=O)c1nonc1N)C2. The van der Waals surface area contributed by atoms with E-state index >= 15 is 0 Å². The van der Waals surface area contributed by atoms with Crippen molar-refractivity contribution in [2.75, 3.05) is 12.8 Å². The van der Waals surface area contributed by atoms with Crippen molar-refractivity contribution < 1.29 is 9.42 Å². The summed E-state index contributed by atoms with van der Waals surface area (Å²) in [5.41, 5.74) is 5.61. The molecule has 19 heavy (non-hydrogen) atoms. The minimum atomic E-state index is -0.286. The molecule has 0 aliphatic carbocycles. The number of anilines is 1. The number of carbonyl (C=O) groups is 1. The van der Waals surface area contributed by atoms with Gasteiger partial charge in [-0.15, -0.1) is 0 Å². The summed E-state index contributed by atoms with van der Waals surface area (Å²) in [6, 6.07) is 1.34. The van der Waals surface area contributed by atoms with Crippen LogP contribution in [0.2, 0.25) is 0 Å². The summed E-state index contributed by atoms with van der Waals surface area (Å²) >= 11 is 0. The standard InChI is InChI=1S/C12H19N5O2/c1-17-8-3-2-4-9(17)6-7(5-8)14-12(18)10-11(13)16-19-15-10/h7-9H,2-6H2,1H3,(H2,13,16)(H,14,18). The van der Waals surface area contributed by atoms with Crippen LogP contribution in [0.25, 0.3) is 0 Å². The van der Waals surface area contributed by atoms with Gasteiger partial charge in [0.05, 0.1) is 0 Å². The van der Waals surface area contributed by atoms with Gasteiger partial charge in [0.25, 0.3) is 5.91 Å². The smallest absolute Gasteiger partial charge is 0.277 e. The Morgan fingerprint density at radius 1 is 1.37 bits per heavy atom. The number of hydrogen-bond donors (Lipinski definition) is 2. The Labute approximate surface area is 111 Å². The van der Waals surface area contributed by atoms with E-state index in [-0.39, 0.29) is 23.5 Å². The monoisotopic (exact) mass is 265 g/mol. The summed E-state index contributed by atoms with van der Waals surface area (Å²) in [5.74, 6) is -0.239. The maximum atomic E-state index is 12.0. The van der Waals surface area contributed by atoms with Crippen LogP contribution >= 0.6 is 0 Å². The second kappa shape index (κ2) is 4.80. The maximum absolute atomic E-state index is 12.0. The molecule has 2 bridgehead atoms. The normalized spacial score (nSPS) is 31.1. The van der Waals surface area contributed by atoms with Crippen LogP contribution in [0.1, 0.15) is 42.6 Å². The Balaban J connectivity index is 1.65. The molecular formula is C12H19N5O2. The van der Waals surface area contributed by atoms with Crippen molar-refractivity contribution in [2.45, 2.75) is 50.2 Å². The van der Waals surface area contributed by atoms with Gasteiger partial charge in [-0.3, -0.25) is 4.79 Å². The van der Waals surface area contributed by atoms with E-state index in [9.17, 15) is 4.79 Å². The summed E-state index contributed by atoms with van der Waals surface area (Å²) < 4.78 is 4.45. The number of carbonyl (C=O) groups excluding carboxylic acids is 1. The third-order valence-electron chi connectivity index (χ3n) is 4.40. The Morgan fingerprint density at radius 2 is 2.05 bits per heavy atom. The lowest BCUT2D eigenvalue weighted by Gasteiger charge is -2.47. The summed E-state index contributed by atoms with van der Waals surface area (Å²) in [5, 5.41) is 9.96. The fraction of sp³-hybridized carbons (Fsp3) is 0.750. The zero-order valence-corrected chi connectivity index (χ0v) is 11.0. The molecule has 3 N–H and O–H groups in total. The van der Waals surface area contributed by atoms with Gasteiger partial charge in [-0.05, 0) is 43.0 Å². The lowest BCUT2D eigenvalue weighted by atomic mass is 9.82. The zero-order chi connectivity index (χ0) is 13.4. The van der Waals surface area contributed by atoms with E-state index in [4.69, 9.17) is 5.73 Å². The van der Waals surface area contributed by atoms with E-state index in [0.29, 0.717) is 12.1 Å². The van der Waals surface area contributed by atoms with Crippen molar-refractivity contribution >= 4 is 11.7 Å². The molecule has 2 aliphatic rings. The number of aromatic nitrogens is 2. The molecule has 2 aliphatic heterocycles. The predicted octanol–water partition coefficient (Wildman–Crippen LogP) is 0.397. The third-order valence-corrected chi connectivity index (χ3v) is 4.40. The molecule has 1 amide bonds. The van der Waals surface area contributed by atoms with E-state index in [0.717, 1.165) is 12.8 Å². The van der Waals surface area contributed by atoms with Crippen molar-refractivity contribution in [1.29, 1.82) is 0 Å². The molecule has 0 aromatic carbocycles. The number of fused-ring (bicyclic) bond motifs is 2. The Morgan fingerprint density at radius 3 is 2.63 bits per heavy atom. The van der Waals surface area contributed by atoms with Crippen LogP contribution in [-0.4, -0.2) is 46.3 Å². The highest BCUT2D eigenvalue weighted by atomic mass is 16.6. The van der Waals surface area contributed by atoms with Gasteiger partial charge in [-0.1, -0.05) is 6.42 Å². The number of nitrogens with zero attached hydrogens (tertiary/aromatic N) is 3. The van der Waals surface area contributed by atoms with Gasteiger partial charge in [-0.2, -0.15) is 0 Å². The van der Waals surface area contributed by atoms with Crippen molar-refractivity contribution in [3.8, 4) is 0 Å². The van der Waals surface area contributed by atoms with E-state index in [1.807, 2.05) is 0 Å². The maximum Gasteiger partial charge on any atom is 0.277 e. The highest BCUT2D eigenvalue weighted by Crippen LogP contribution is 2.32. The lowest BCUT2D eigenvalue weighted by molar-refractivity contribution is 0.0461. The quantitative estimate of drug-likeness (QED) is 0.803. The second-order valence-corrected chi connectivity index (χ2v) is 5.54. The van der Waals surface area contributed by atoms with E-state index in [2.05, 4.69) is 32.2 Å². The van der Waals surface area contributed by atoms with E-state index in [1.165, 1.54) is 19.3 Å². The molecule has 3 rings (SSSR count). The lowest BCUT2D eigenvalue weighted by Crippen LogP contribution is -2.55. The highest BCUT2D eigenvalue weighted by molar-refractivity contribution is 5.96. The van der Waals surface area contributed by atoms with Crippen LogP contribution < -0.4 is 11.1 Å². The summed E-state index contributed by atoms with van der Waals surface area (Å²) in [6.07, 6.45) is 5.70. The topological polar surface area (TPSA) is 97.3 Å². The molecule has 0 radical (unpaired) electrons. The first-order chi connectivity index (χ1) is 9.15. The molecule has 104 valence electrons. The average molecular weight is 265 g/mol. The van der Waals surface area contributed by atoms with Crippen LogP contribution in [0.4, 0.5) is 5.82 Å². The van der Waals surface area contributed by atoms with Crippen molar-refractivity contribution in [3.05, 3.63) is 5.69 Å². The van der Waals surface area contributed by atoms with Gasteiger partial charge < -0.3 is 16.0 Å². The number of rotatable bonds is 2. The Hall–Kier alpha value is -1.63. The molecule has 7 nitrogen and oxygen atoms in total. The fourth-order valence-electron chi connectivity index (χ4n) is 3.34. The number of piperidine rings is 2. The second-order valence-electron chi connectivity index (χ2n) is 5.54. The molecule has 0 spiro atoms. The molecule has 2 unspecified atom stereocenters. The summed E-state index contributed by atoms with van der Waals surface area (Å²) in [7, 11) is 2.19. The van der Waals surface area contributed by atoms with Gasteiger partial charge in [0.15, 0.2) is 0 Å². The van der Waals surface area contributed by atoms with Gasteiger partial charge in [0, 0.05) is 18.1 Å². The number of amides is 1. The van der Waals surface area contributed by atoms with Crippen LogP contribution in [0, 0.1) is 0 Å². The number of nitrogens with one attached hydrogen (secondary N) is 1. The van der Waals surface area contributed by atoms with Gasteiger partial charge in [0.1, 0.15) is 0 Å². The molecular weight excluding hydrogens is 246 g/mol. The largest absolute Gasteiger partial charge is 0.379 e. The van der Waals surface area contributed by atoms with Crippen molar-refractivity contribution in [1.82, 2.24) is 20.5 Å². The predicted molar refractivity (Wildman–Crippen MR) is 68.4 cm³/mol. The molecule has 7 heteroatoms. The minimum Gasteiger partial charge on any atom is -0.379 e. The zero-order valence-electron chi connectivity index (χ0n) is 11.0. The van der Waals surface area contributed by atoms with Gasteiger partial charge >= 0.3 is 0 Å². The minimum absolute atomic E-state index is 0.0469. The van der Waals surface area contributed by atoms with Crippen LogP contribution in [0.15, 0.2) is 4.63 Å². The van der Waals surface area contributed by atoms with Gasteiger partial charge in [-0.25, -0.2) is 4.63 Å². The molecule has 2 atom stereocenters. The van der Waals surface area contributed by atoms with Crippen LogP contribution in [0.3, 0.4) is 0 Å².